The number of sulfone groups is 1. The lowest BCUT2D eigenvalue weighted by molar-refractivity contribution is 0.0997. The molecular formula is C21H24N2O4S3. The van der Waals surface area contributed by atoms with Crippen LogP contribution in [0.3, 0.4) is 0 Å². The van der Waals surface area contributed by atoms with E-state index in [1.54, 1.807) is 43.1 Å². The van der Waals surface area contributed by atoms with Gasteiger partial charge in [-0.05, 0) is 36.4 Å². The van der Waals surface area contributed by atoms with E-state index < -0.39 is 9.84 Å². The molecule has 0 radical (unpaired) electrons. The number of rotatable bonds is 7. The van der Waals surface area contributed by atoms with E-state index in [4.69, 9.17) is 4.74 Å². The van der Waals surface area contributed by atoms with Crippen LogP contribution in [0.25, 0.3) is 10.2 Å². The van der Waals surface area contributed by atoms with Crippen molar-refractivity contribution in [1.82, 2.24) is 4.57 Å². The van der Waals surface area contributed by atoms with Crippen LogP contribution in [0.15, 0.2) is 57.2 Å². The van der Waals surface area contributed by atoms with Gasteiger partial charge in [0.25, 0.3) is 5.91 Å². The summed E-state index contributed by atoms with van der Waals surface area (Å²) in [4.78, 5) is 19.0. The third kappa shape index (κ3) is 5.40. The SMILES string of the molecule is COCCn1c(=NC(=O)c2cccc(SC(C)C)c2)sc2cc(S(C)(=O)=O)ccc21. The van der Waals surface area contributed by atoms with Crippen molar-refractivity contribution in [2.75, 3.05) is 20.0 Å². The minimum atomic E-state index is -3.32. The molecule has 0 atom stereocenters. The number of hydrogen-bond acceptors (Lipinski definition) is 6. The molecule has 1 amide bonds. The molecule has 2 aromatic carbocycles. The number of benzene rings is 2. The monoisotopic (exact) mass is 464 g/mol. The zero-order valence-electron chi connectivity index (χ0n) is 17.3. The van der Waals surface area contributed by atoms with Gasteiger partial charge in [0.05, 0.1) is 21.7 Å². The molecule has 0 aliphatic rings. The number of aromatic nitrogens is 1. The standard InChI is InChI=1S/C21H24N2O4S3/c1-14(2)28-16-7-5-6-15(12-16)20(24)22-21-23(10-11-27-3)18-9-8-17(30(4,25)26)13-19(18)29-21/h5-9,12-14H,10-11H2,1-4H3. The molecule has 160 valence electrons. The molecule has 0 unspecified atom stereocenters. The first-order valence-corrected chi connectivity index (χ1v) is 13.0. The van der Waals surface area contributed by atoms with Crippen LogP contribution >= 0.6 is 23.1 Å². The van der Waals surface area contributed by atoms with Crippen LogP contribution in [0.5, 0.6) is 0 Å². The van der Waals surface area contributed by atoms with E-state index in [1.807, 2.05) is 22.8 Å². The Kier molecular flexibility index (Phi) is 7.18. The topological polar surface area (TPSA) is 77.7 Å². The fourth-order valence-electron chi connectivity index (χ4n) is 2.89. The van der Waals surface area contributed by atoms with Gasteiger partial charge in [0.1, 0.15) is 0 Å². The Bertz CT molecular complexity index is 1240. The molecule has 0 spiro atoms. The molecule has 0 aliphatic carbocycles. The van der Waals surface area contributed by atoms with Gasteiger partial charge in [0.2, 0.25) is 0 Å². The largest absolute Gasteiger partial charge is 0.383 e. The second-order valence-electron chi connectivity index (χ2n) is 7.04. The maximum absolute atomic E-state index is 12.9. The Morgan fingerprint density at radius 2 is 2.00 bits per heavy atom. The van der Waals surface area contributed by atoms with Crippen molar-refractivity contribution in [2.45, 2.75) is 35.4 Å². The molecule has 3 aromatic rings. The molecule has 0 saturated carbocycles. The number of methoxy groups -OCH3 is 1. The second kappa shape index (κ2) is 9.47. The lowest BCUT2D eigenvalue weighted by atomic mass is 10.2. The van der Waals surface area contributed by atoms with Crippen LogP contribution in [0, 0.1) is 0 Å². The summed E-state index contributed by atoms with van der Waals surface area (Å²) in [6.07, 6.45) is 1.18. The Morgan fingerprint density at radius 3 is 2.67 bits per heavy atom. The normalized spacial score (nSPS) is 12.8. The van der Waals surface area contributed by atoms with Crippen molar-refractivity contribution < 1.29 is 17.9 Å². The van der Waals surface area contributed by atoms with Crippen LogP contribution in [0.1, 0.15) is 24.2 Å². The van der Waals surface area contributed by atoms with Crippen molar-refractivity contribution >= 4 is 49.1 Å². The number of ether oxygens (including phenoxy) is 1. The number of nitrogens with zero attached hydrogens (tertiary/aromatic N) is 2. The van der Waals surface area contributed by atoms with E-state index in [1.165, 1.54) is 17.6 Å². The van der Waals surface area contributed by atoms with Crippen LogP contribution in [-0.2, 0) is 21.1 Å². The van der Waals surface area contributed by atoms with Gasteiger partial charge in [-0.3, -0.25) is 4.79 Å². The summed E-state index contributed by atoms with van der Waals surface area (Å²) in [6.45, 7) is 5.15. The first kappa shape index (κ1) is 22.7. The lowest BCUT2D eigenvalue weighted by Gasteiger charge is -2.06. The Balaban J connectivity index is 2.08. The van der Waals surface area contributed by atoms with Crippen molar-refractivity contribution in [3.05, 3.63) is 52.8 Å². The van der Waals surface area contributed by atoms with Gasteiger partial charge in [-0.2, -0.15) is 4.99 Å². The molecule has 3 rings (SSSR count). The average molecular weight is 465 g/mol. The molecular weight excluding hydrogens is 440 g/mol. The second-order valence-corrected chi connectivity index (χ2v) is 11.7. The van der Waals surface area contributed by atoms with Crippen molar-refractivity contribution in [3.63, 3.8) is 0 Å². The van der Waals surface area contributed by atoms with Gasteiger partial charge in [-0.1, -0.05) is 31.3 Å². The molecule has 0 N–H and O–H groups in total. The summed E-state index contributed by atoms with van der Waals surface area (Å²) in [6, 6.07) is 12.4. The smallest absolute Gasteiger partial charge is 0.279 e. The molecule has 30 heavy (non-hydrogen) atoms. The highest BCUT2D eigenvalue weighted by Crippen LogP contribution is 2.24. The molecule has 1 aromatic heterocycles. The summed E-state index contributed by atoms with van der Waals surface area (Å²) >= 11 is 2.98. The number of carbonyl (C=O) groups is 1. The summed E-state index contributed by atoms with van der Waals surface area (Å²) in [5.74, 6) is -0.331. The quantitative estimate of drug-likeness (QED) is 0.494. The average Bonchev–Trinajstić information content (AvgIpc) is 3.01. The van der Waals surface area contributed by atoms with Crippen molar-refractivity contribution in [3.8, 4) is 0 Å². The van der Waals surface area contributed by atoms with E-state index >= 15 is 0 Å². The molecule has 0 saturated heterocycles. The maximum atomic E-state index is 12.9. The predicted octanol–water partition coefficient (Wildman–Crippen LogP) is 3.99. The van der Waals surface area contributed by atoms with Crippen LogP contribution in [-0.4, -0.2) is 44.1 Å². The van der Waals surface area contributed by atoms with Crippen LogP contribution in [0.2, 0.25) is 0 Å². The first-order chi connectivity index (χ1) is 14.2. The van der Waals surface area contributed by atoms with E-state index in [0.29, 0.717) is 28.8 Å². The predicted molar refractivity (Wildman–Crippen MR) is 122 cm³/mol. The molecule has 6 nitrogen and oxygen atoms in total. The first-order valence-electron chi connectivity index (χ1n) is 9.37. The Labute approximate surface area is 184 Å². The fraction of sp³-hybridized carbons (Fsp3) is 0.333. The van der Waals surface area contributed by atoms with Crippen molar-refractivity contribution in [2.24, 2.45) is 4.99 Å². The highest BCUT2D eigenvalue weighted by molar-refractivity contribution is 7.99. The zero-order chi connectivity index (χ0) is 21.9. The third-order valence-electron chi connectivity index (χ3n) is 4.25. The Morgan fingerprint density at radius 1 is 1.23 bits per heavy atom. The summed E-state index contributed by atoms with van der Waals surface area (Å²) < 4.78 is 31.7. The van der Waals surface area contributed by atoms with E-state index in [0.717, 1.165) is 15.1 Å². The van der Waals surface area contributed by atoms with Gasteiger partial charge in [-0.25, -0.2) is 8.42 Å². The number of fused-ring (bicyclic) bond motifs is 1. The molecule has 0 aliphatic heterocycles. The fourth-order valence-corrected chi connectivity index (χ4v) is 5.61. The van der Waals surface area contributed by atoms with Crippen LogP contribution < -0.4 is 4.80 Å². The van der Waals surface area contributed by atoms with E-state index in [9.17, 15) is 13.2 Å². The van der Waals surface area contributed by atoms with Crippen molar-refractivity contribution in [1.29, 1.82) is 0 Å². The molecule has 0 bridgehead atoms. The minimum absolute atomic E-state index is 0.242. The van der Waals surface area contributed by atoms with Gasteiger partial charge < -0.3 is 9.30 Å². The van der Waals surface area contributed by atoms with Crippen LogP contribution in [0.4, 0.5) is 0 Å². The van der Waals surface area contributed by atoms with Gasteiger partial charge in [0.15, 0.2) is 14.6 Å². The number of thiazole rings is 1. The number of thioether (sulfide) groups is 1. The molecule has 1 heterocycles. The van der Waals surface area contributed by atoms with Gasteiger partial charge >= 0.3 is 0 Å². The minimum Gasteiger partial charge on any atom is -0.383 e. The van der Waals surface area contributed by atoms with E-state index in [-0.39, 0.29) is 10.8 Å². The highest BCUT2D eigenvalue weighted by Gasteiger charge is 2.14. The number of hydrogen-bond donors (Lipinski definition) is 0. The zero-order valence-corrected chi connectivity index (χ0v) is 19.7. The summed E-state index contributed by atoms with van der Waals surface area (Å²) in [5, 5.41) is 0.412. The third-order valence-corrected chi connectivity index (χ3v) is 7.40. The summed E-state index contributed by atoms with van der Waals surface area (Å²) in [5.41, 5.74) is 1.34. The summed E-state index contributed by atoms with van der Waals surface area (Å²) in [7, 11) is -1.71. The highest BCUT2D eigenvalue weighted by atomic mass is 32.2. The number of amides is 1. The molecule has 9 heteroatoms. The molecule has 0 fully saturated rings. The lowest BCUT2D eigenvalue weighted by Crippen LogP contribution is -2.19. The maximum Gasteiger partial charge on any atom is 0.279 e. The van der Waals surface area contributed by atoms with E-state index in [2.05, 4.69) is 18.8 Å². The Hall–Kier alpha value is -1.94. The van der Waals surface area contributed by atoms with Gasteiger partial charge in [0, 0.05) is 35.6 Å². The number of carbonyl (C=O) groups excluding carboxylic acids is 1. The van der Waals surface area contributed by atoms with Gasteiger partial charge in [-0.15, -0.1) is 11.8 Å².